The fraction of sp³-hybridized carbons (Fsp3) is 0.429. The molecule has 11 heteroatoms. The van der Waals surface area contributed by atoms with Crippen LogP contribution in [0.1, 0.15) is 30.0 Å². The topological polar surface area (TPSA) is 90.8 Å². The smallest absolute Gasteiger partial charge is 0.417 e. The molecule has 0 saturated carbocycles. The highest BCUT2D eigenvalue weighted by molar-refractivity contribution is 7.90. The Labute approximate surface area is 183 Å². The van der Waals surface area contributed by atoms with Crippen molar-refractivity contribution in [2.75, 3.05) is 24.5 Å². The minimum absolute atomic E-state index is 0.00337. The summed E-state index contributed by atoms with van der Waals surface area (Å²) >= 11 is 0. The normalized spacial score (nSPS) is 24.4. The molecule has 2 atom stereocenters. The highest BCUT2D eigenvalue weighted by atomic mass is 32.2. The largest absolute Gasteiger partial charge is 0.480 e. The van der Waals surface area contributed by atoms with Gasteiger partial charge >= 0.3 is 12.1 Å². The van der Waals surface area contributed by atoms with Crippen molar-refractivity contribution in [2.45, 2.75) is 36.7 Å². The van der Waals surface area contributed by atoms with Gasteiger partial charge in [-0.15, -0.1) is 0 Å². The number of hydrogen-bond donors (Lipinski definition) is 1. The summed E-state index contributed by atoms with van der Waals surface area (Å²) < 4.78 is 64.9. The number of hydrogen-bond acceptors (Lipinski definition) is 5. The fourth-order valence-corrected chi connectivity index (χ4v) is 6.95. The lowest BCUT2D eigenvalue weighted by molar-refractivity contribution is -0.140. The Morgan fingerprint density at radius 3 is 2.50 bits per heavy atom. The molecule has 1 fully saturated rings. The molecule has 0 spiro atoms. The van der Waals surface area contributed by atoms with Crippen LogP contribution in [0.4, 0.5) is 19.0 Å². The molecule has 2 aliphatic rings. The van der Waals surface area contributed by atoms with Gasteiger partial charge in [0.2, 0.25) is 14.8 Å². The molecule has 1 aromatic heterocycles. The molecule has 1 aliphatic heterocycles. The molecule has 0 amide bonds. The van der Waals surface area contributed by atoms with Crippen LogP contribution in [0.3, 0.4) is 0 Å². The number of pyridine rings is 1. The van der Waals surface area contributed by atoms with Crippen LogP contribution in [-0.2, 0) is 32.2 Å². The van der Waals surface area contributed by atoms with E-state index in [1.807, 2.05) is 0 Å². The van der Waals surface area contributed by atoms with Crippen molar-refractivity contribution in [1.29, 1.82) is 0 Å². The summed E-state index contributed by atoms with van der Waals surface area (Å²) in [6, 6.07) is 8.28. The number of anilines is 1. The summed E-state index contributed by atoms with van der Waals surface area (Å²) in [5.74, 6) is -1.09. The van der Waals surface area contributed by atoms with Crippen LogP contribution in [0.5, 0.6) is 0 Å². The zero-order chi connectivity index (χ0) is 23.3. The average Bonchev–Trinajstić information content (AvgIpc) is 3.14. The first-order valence-electron chi connectivity index (χ1n) is 10.1. The zero-order valence-corrected chi connectivity index (χ0v) is 18.0. The van der Waals surface area contributed by atoms with Crippen molar-refractivity contribution in [3.05, 3.63) is 59.3 Å². The Morgan fingerprint density at radius 1 is 1.19 bits per heavy atom. The quantitative estimate of drug-likeness (QED) is 0.741. The monoisotopic (exact) mass is 469 g/mol. The van der Waals surface area contributed by atoms with Crippen LogP contribution in [0.2, 0.25) is 0 Å². The summed E-state index contributed by atoms with van der Waals surface area (Å²) in [5.41, 5.74) is 0.143. The Hall–Kier alpha value is -2.66. The molecular weight excluding hydrogens is 447 g/mol. The van der Waals surface area contributed by atoms with Gasteiger partial charge in [-0.05, 0) is 43.0 Å². The third-order valence-corrected chi connectivity index (χ3v) is 8.90. The second-order valence-electron chi connectivity index (χ2n) is 8.10. The number of rotatable bonds is 4. The summed E-state index contributed by atoms with van der Waals surface area (Å²) in [4.78, 5) is 17.9. The molecule has 1 saturated heterocycles. The van der Waals surface area contributed by atoms with Gasteiger partial charge in [-0.3, -0.25) is 4.79 Å². The van der Waals surface area contributed by atoms with E-state index in [0.717, 1.165) is 12.3 Å². The van der Waals surface area contributed by atoms with E-state index in [1.54, 1.807) is 36.1 Å². The number of fused-ring (bicyclic) bond motifs is 1. The number of nitrogens with zero attached hydrogens (tertiary/aromatic N) is 3. The highest BCUT2D eigenvalue weighted by Gasteiger charge is 2.59. The standard InChI is InChI=1S/C21H22F3N3O4S/c1-14-13-26(18-7-6-16(12-25-18)21(22,23)24)10-11-27(14)32(30,31)20(19(28)29)9-8-15-4-2-3-5-17(15)20/h2-7,12,14H,8-11,13H2,1H3,(H,28,29)/t14-,20?/m1/s1. The highest BCUT2D eigenvalue weighted by Crippen LogP contribution is 2.45. The predicted molar refractivity (Wildman–Crippen MR) is 111 cm³/mol. The lowest BCUT2D eigenvalue weighted by Gasteiger charge is -2.42. The fourth-order valence-electron chi connectivity index (χ4n) is 4.63. The Bertz CT molecular complexity index is 1140. The average molecular weight is 469 g/mol. The van der Waals surface area contributed by atoms with Crippen LogP contribution in [-0.4, -0.2) is 54.5 Å². The maximum atomic E-state index is 13.7. The number of carboxylic acids is 1. The maximum absolute atomic E-state index is 13.7. The van der Waals surface area contributed by atoms with E-state index in [0.29, 0.717) is 23.4 Å². The molecule has 2 aromatic rings. The number of aliphatic carboxylic acids is 1. The molecule has 0 bridgehead atoms. The van der Waals surface area contributed by atoms with E-state index >= 15 is 0 Å². The number of alkyl halides is 3. The maximum Gasteiger partial charge on any atom is 0.417 e. The minimum atomic E-state index is -4.49. The number of sulfonamides is 1. The second-order valence-corrected chi connectivity index (χ2v) is 10.2. The van der Waals surface area contributed by atoms with Crippen LogP contribution in [0.15, 0.2) is 42.6 Å². The Kier molecular flexibility index (Phi) is 5.44. The zero-order valence-electron chi connectivity index (χ0n) is 17.2. The first-order chi connectivity index (χ1) is 15.0. The van der Waals surface area contributed by atoms with Crippen molar-refractivity contribution in [3.8, 4) is 0 Å². The molecule has 7 nitrogen and oxygen atoms in total. The summed E-state index contributed by atoms with van der Waals surface area (Å²) in [5, 5.41) is 10.1. The number of aromatic nitrogens is 1. The van der Waals surface area contributed by atoms with Gasteiger partial charge in [0.25, 0.3) is 0 Å². The summed E-state index contributed by atoms with van der Waals surface area (Å²) in [6.45, 7) is 2.02. The molecule has 4 rings (SSSR count). The lowest BCUT2D eigenvalue weighted by Crippen LogP contribution is -2.59. The third-order valence-electron chi connectivity index (χ3n) is 6.26. The van der Waals surface area contributed by atoms with Gasteiger partial charge < -0.3 is 10.0 Å². The molecule has 2 heterocycles. The number of carbonyl (C=O) groups is 1. The van der Waals surface area contributed by atoms with E-state index in [9.17, 15) is 31.5 Å². The molecule has 0 radical (unpaired) electrons. The van der Waals surface area contributed by atoms with E-state index in [1.165, 1.54) is 10.4 Å². The van der Waals surface area contributed by atoms with Crippen molar-refractivity contribution in [3.63, 3.8) is 0 Å². The van der Waals surface area contributed by atoms with Gasteiger partial charge in [-0.1, -0.05) is 24.3 Å². The van der Waals surface area contributed by atoms with E-state index < -0.39 is 38.5 Å². The summed E-state index contributed by atoms with van der Waals surface area (Å²) in [7, 11) is -4.28. The SMILES string of the molecule is C[C@@H]1CN(c2ccc(C(F)(F)F)cn2)CCN1S(=O)(=O)C1(C(=O)O)CCc2ccccc21. The van der Waals surface area contributed by atoms with Gasteiger partial charge in [-0.25, -0.2) is 13.4 Å². The Morgan fingerprint density at radius 2 is 1.91 bits per heavy atom. The number of carboxylic acid groups (broad SMARTS) is 1. The van der Waals surface area contributed by atoms with Gasteiger partial charge in [0.05, 0.1) is 5.56 Å². The third kappa shape index (κ3) is 3.43. The van der Waals surface area contributed by atoms with Crippen molar-refractivity contribution in [2.24, 2.45) is 0 Å². The molecule has 1 aromatic carbocycles. The van der Waals surface area contributed by atoms with Gasteiger partial charge in [-0.2, -0.15) is 17.5 Å². The predicted octanol–water partition coefficient (Wildman–Crippen LogP) is 2.87. The van der Waals surface area contributed by atoms with Crippen molar-refractivity contribution in [1.82, 2.24) is 9.29 Å². The molecule has 32 heavy (non-hydrogen) atoms. The lowest BCUT2D eigenvalue weighted by atomic mass is 10.0. The minimum Gasteiger partial charge on any atom is -0.480 e. The number of benzene rings is 1. The van der Waals surface area contributed by atoms with E-state index in [2.05, 4.69) is 4.98 Å². The molecule has 172 valence electrons. The Balaban J connectivity index is 1.60. The first-order valence-corrected chi connectivity index (χ1v) is 11.5. The van der Waals surface area contributed by atoms with E-state index in [-0.39, 0.29) is 26.1 Å². The van der Waals surface area contributed by atoms with Crippen molar-refractivity contribution < 1.29 is 31.5 Å². The van der Waals surface area contributed by atoms with Gasteiger partial charge in [0, 0.05) is 31.9 Å². The number of halogens is 3. The van der Waals surface area contributed by atoms with Crippen molar-refractivity contribution >= 4 is 21.8 Å². The molecule has 1 aliphatic carbocycles. The van der Waals surface area contributed by atoms with Crippen LogP contribution in [0, 0.1) is 0 Å². The first kappa shape index (κ1) is 22.5. The number of aryl methyl sites for hydroxylation is 1. The van der Waals surface area contributed by atoms with Gasteiger partial charge in [0.1, 0.15) is 5.82 Å². The van der Waals surface area contributed by atoms with Crippen LogP contribution in [0.25, 0.3) is 0 Å². The van der Waals surface area contributed by atoms with Crippen LogP contribution >= 0.6 is 0 Å². The molecular formula is C21H22F3N3O4S. The molecule has 1 unspecified atom stereocenters. The van der Waals surface area contributed by atoms with E-state index in [4.69, 9.17) is 0 Å². The van der Waals surface area contributed by atoms with Crippen LogP contribution < -0.4 is 4.90 Å². The summed E-state index contributed by atoms with van der Waals surface area (Å²) in [6.07, 6.45) is -3.44. The second kappa shape index (κ2) is 7.73. The van der Waals surface area contributed by atoms with Gasteiger partial charge in [0.15, 0.2) is 0 Å². The number of piperazine rings is 1. The molecule has 1 N–H and O–H groups in total.